The maximum atomic E-state index is 12.1. The van der Waals surface area contributed by atoms with Gasteiger partial charge in [-0.15, -0.1) is 0 Å². The second-order valence-corrected chi connectivity index (χ2v) is 7.83. The van der Waals surface area contributed by atoms with Gasteiger partial charge in [0.25, 0.3) is 0 Å². The van der Waals surface area contributed by atoms with Gasteiger partial charge in [0.2, 0.25) is 5.95 Å². The van der Waals surface area contributed by atoms with Gasteiger partial charge in [0.1, 0.15) is 5.60 Å². The number of benzene rings is 1. The second-order valence-electron chi connectivity index (χ2n) is 7.83. The summed E-state index contributed by atoms with van der Waals surface area (Å²) in [6.07, 6.45) is 5.48. The van der Waals surface area contributed by atoms with Gasteiger partial charge in [-0.05, 0) is 44.7 Å². The number of aromatic nitrogens is 2. The van der Waals surface area contributed by atoms with Gasteiger partial charge in [-0.2, -0.15) is 0 Å². The van der Waals surface area contributed by atoms with E-state index in [1.807, 2.05) is 39.2 Å². The quantitative estimate of drug-likeness (QED) is 0.829. The van der Waals surface area contributed by atoms with E-state index in [0.29, 0.717) is 26.2 Å². The number of piperazine rings is 1. The van der Waals surface area contributed by atoms with Gasteiger partial charge in [0.15, 0.2) is 0 Å². The number of rotatable bonds is 4. The molecule has 2 heterocycles. The summed E-state index contributed by atoms with van der Waals surface area (Å²) in [7, 11) is 0. The average Bonchev–Trinajstić information content (AvgIpc) is 2.66. The van der Waals surface area contributed by atoms with E-state index in [-0.39, 0.29) is 6.09 Å². The Labute approximate surface area is 161 Å². The number of anilines is 1. The molecule has 2 aromatic rings. The summed E-state index contributed by atoms with van der Waals surface area (Å²) in [6, 6.07) is 10.4. The average molecular weight is 368 g/mol. The molecule has 0 radical (unpaired) electrons. The van der Waals surface area contributed by atoms with Crippen LogP contribution in [0.15, 0.2) is 42.7 Å². The first-order valence-electron chi connectivity index (χ1n) is 9.48. The minimum Gasteiger partial charge on any atom is -0.444 e. The maximum Gasteiger partial charge on any atom is 0.410 e. The van der Waals surface area contributed by atoms with Crippen LogP contribution in [0.4, 0.5) is 10.7 Å². The van der Waals surface area contributed by atoms with Gasteiger partial charge >= 0.3 is 6.09 Å². The smallest absolute Gasteiger partial charge is 0.410 e. The summed E-state index contributed by atoms with van der Waals surface area (Å²) in [5.74, 6) is 0.724. The Morgan fingerprint density at radius 1 is 0.963 bits per heavy atom. The van der Waals surface area contributed by atoms with Gasteiger partial charge in [-0.25, -0.2) is 14.8 Å². The molecule has 1 amide bonds. The first-order valence-corrected chi connectivity index (χ1v) is 9.48. The van der Waals surface area contributed by atoms with Crippen molar-refractivity contribution < 1.29 is 9.53 Å². The molecule has 0 unspecified atom stereocenters. The Kier molecular flexibility index (Phi) is 5.94. The van der Waals surface area contributed by atoms with E-state index in [4.69, 9.17) is 4.74 Å². The van der Waals surface area contributed by atoms with E-state index in [9.17, 15) is 4.79 Å². The molecule has 1 saturated heterocycles. The zero-order valence-electron chi connectivity index (χ0n) is 16.4. The molecule has 0 saturated carbocycles. The van der Waals surface area contributed by atoms with E-state index >= 15 is 0 Å². The van der Waals surface area contributed by atoms with E-state index in [1.165, 1.54) is 5.56 Å². The predicted octanol–water partition coefficient (Wildman–Crippen LogP) is 3.32. The predicted molar refractivity (Wildman–Crippen MR) is 106 cm³/mol. The zero-order valence-corrected chi connectivity index (χ0v) is 16.4. The largest absolute Gasteiger partial charge is 0.444 e. The van der Waals surface area contributed by atoms with Crippen molar-refractivity contribution >= 4 is 12.0 Å². The molecule has 144 valence electrons. The van der Waals surface area contributed by atoms with E-state index in [1.54, 1.807) is 4.90 Å². The molecule has 1 aromatic carbocycles. The van der Waals surface area contributed by atoms with E-state index in [0.717, 1.165) is 24.4 Å². The van der Waals surface area contributed by atoms with Crippen LogP contribution in [0.2, 0.25) is 0 Å². The molecule has 1 fully saturated rings. The SMILES string of the molecule is CC(C)(C)OC(=O)N1CCN(c2ncc(CCc3ccccc3)cn2)CC1. The third-order valence-corrected chi connectivity index (χ3v) is 4.45. The Balaban J connectivity index is 1.49. The van der Waals surface area contributed by atoms with Gasteiger partial charge < -0.3 is 14.5 Å². The highest BCUT2D eigenvalue weighted by molar-refractivity contribution is 5.68. The molecule has 1 aliphatic heterocycles. The fourth-order valence-electron chi connectivity index (χ4n) is 2.99. The minimum atomic E-state index is -0.465. The van der Waals surface area contributed by atoms with Crippen LogP contribution in [-0.2, 0) is 17.6 Å². The summed E-state index contributed by atoms with van der Waals surface area (Å²) in [6.45, 7) is 8.31. The number of hydrogen-bond acceptors (Lipinski definition) is 5. The van der Waals surface area contributed by atoms with E-state index < -0.39 is 5.60 Å². The normalized spacial score (nSPS) is 14.9. The monoisotopic (exact) mass is 368 g/mol. The Bertz CT molecular complexity index is 733. The Morgan fingerprint density at radius 2 is 1.56 bits per heavy atom. The standard InChI is InChI=1S/C21H28N4O2/c1-21(2,3)27-20(26)25-13-11-24(12-14-25)19-22-15-18(16-23-19)10-9-17-7-5-4-6-8-17/h4-8,15-16H,9-14H2,1-3H3. The van der Waals surface area contributed by atoms with Crippen molar-refractivity contribution in [3.05, 3.63) is 53.9 Å². The summed E-state index contributed by atoms with van der Waals surface area (Å²) >= 11 is 0. The summed E-state index contributed by atoms with van der Waals surface area (Å²) < 4.78 is 5.43. The lowest BCUT2D eigenvalue weighted by Gasteiger charge is -2.35. The Morgan fingerprint density at radius 3 is 2.15 bits per heavy atom. The third kappa shape index (κ3) is 5.67. The second kappa shape index (κ2) is 8.37. The number of carbonyl (C=O) groups is 1. The van der Waals surface area contributed by atoms with Gasteiger partial charge in [0, 0.05) is 38.6 Å². The molecule has 3 rings (SSSR count). The number of nitrogens with zero attached hydrogens (tertiary/aromatic N) is 4. The van der Waals surface area contributed by atoms with Crippen LogP contribution in [0.5, 0.6) is 0 Å². The van der Waals surface area contributed by atoms with Gasteiger partial charge in [-0.3, -0.25) is 0 Å². The van der Waals surface area contributed by atoms with Crippen molar-refractivity contribution in [3.63, 3.8) is 0 Å². The van der Waals surface area contributed by atoms with Crippen molar-refractivity contribution in [2.45, 2.75) is 39.2 Å². The molecule has 0 N–H and O–H groups in total. The van der Waals surface area contributed by atoms with Crippen LogP contribution in [0.25, 0.3) is 0 Å². The first kappa shape index (κ1) is 19.1. The molecule has 1 aliphatic rings. The van der Waals surface area contributed by atoms with Crippen LogP contribution in [0, 0.1) is 0 Å². The lowest BCUT2D eigenvalue weighted by Crippen LogP contribution is -2.50. The highest BCUT2D eigenvalue weighted by Gasteiger charge is 2.26. The highest BCUT2D eigenvalue weighted by atomic mass is 16.6. The van der Waals surface area contributed by atoms with Crippen LogP contribution in [0.1, 0.15) is 31.9 Å². The molecule has 0 atom stereocenters. The van der Waals surface area contributed by atoms with Crippen LogP contribution >= 0.6 is 0 Å². The van der Waals surface area contributed by atoms with Crippen molar-refractivity contribution in [2.24, 2.45) is 0 Å². The summed E-state index contributed by atoms with van der Waals surface area (Å²) in [5, 5.41) is 0. The van der Waals surface area contributed by atoms with Crippen molar-refractivity contribution in [2.75, 3.05) is 31.1 Å². The van der Waals surface area contributed by atoms with Crippen LogP contribution in [0.3, 0.4) is 0 Å². The number of carbonyl (C=O) groups excluding carboxylic acids is 1. The molecule has 6 heteroatoms. The van der Waals surface area contributed by atoms with Crippen molar-refractivity contribution in [1.82, 2.24) is 14.9 Å². The minimum absolute atomic E-state index is 0.251. The van der Waals surface area contributed by atoms with Gasteiger partial charge in [-0.1, -0.05) is 30.3 Å². The Hall–Kier alpha value is -2.63. The third-order valence-electron chi connectivity index (χ3n) is 4.45. The molecular formula is C21H28N4O2. The maximum absolute atomic E-state index is 12.1. The first-order chi connectivity index (χ1) is 12.9. The topological polar surface area (TPSA) is 58.6 Å². The molecule has 1 aromatic heterocycles. The molecule has 27 heavy (non-hydrogen) atoms. The summed E-state index contributed by atoms with van der Waals surface area (Å²) in [4.78, 5) is 25.1. The molecule has 0 aliphatic carbocycles. The fraction of sp³-hybridized carbons (Fsp3) is 0.476. The lowest BCUT2D eigenvalue weighted by molar-refractivity contribution is 0.0240. The molecule has 6 nitrogen and oxygen atoms in total. The van der Waals surface area contributed by atoms with E-state index in [2.05, 4.69) is 39.1 Å². The highest BCUT2D eigenvalue weighted by Crippen LogP contribution is 2.15. The zero-order chi connectivity index (χ0) is 19.3. The van der Waals surface area contributed by atoms with Crippen molar-refractivity contribution in [1.29, 1.82) is 0 Å². The summed E-state index contributed by atoms with van der Waals surface area (Å²) in [5.41, 5.74) is 1.99. The number of ether oxygens (including phenoxy) is 1. The van der Waals surface area contributed by atoms with Crippen molar-refractivity contribution in [3.8, 4) is 0 Å². The van der Waals surface area contributed by atoms with Crippen LogP contribution in [-0.4, -0.2) is 52.7 Å². The molecular weight excluding hydrogens is 340 g/mol. The lowest BCUT2D eigenvalue weighted by atomic mass is 10.1. The van der Waals surface area contributed by atoms with Gasteiger partial charge in [0.05, 0.1) is 0 Å². The number of aryl methyl sites for hydroxylation is 2. The fourth-order valence-corrected chi connectivity index (χ4v) is 2.99. The number of hydrogen-bond donors (Lipinski definition) is 0. The molecule has 0 spiro atoms. The number of amides is 1. The van der Waals surface area contributed by atoms with Crippen LogP contribution < -0.4 is 4.90 Å². The molecule has 0 bridgehead atoms.